The van der Waals surface area contributed by atoms with E-state index in [-0.39, 0.29) is 28.9 Å². The molecule has 0 fully saturated rings. The molecular weight excluding hydrogens is 502 g/mol. The van der Waals surface area contributed by atoms with Gasteiger partial charge in [0.2, 0.25) is 5.62 Å². The summed E-state index contributed by atoms with van der Waals surface area (Å²) >= 11 is 3.31. The number of Topliss-reactive ketones (excluding diaryl/α,β-unsaturated/α-hetero) is 1. The number of nitrogens with zero attached hydrogens (tertiary/aromatic N) is 3. The van der Waals surface area contributed by atoms with E-state index in [0.29, 0.717) is 17.7 Å². The highest BCUT2D eigenvalue weighted by Crippen LogP contribution is 2.39. The fourth-order valence-electron chi connectivity index (χ4n) is 4.38. The van der Waals surface area contributed by atoms with Crippen molar-refractivity contribution in [2.75, 3.05) is 0 Å². The van der Waals surface area contributed by atoms with Crippen LogP contribution in [-0.4, -0.2) is 20.0 Å². The lowest BCUT2D eigenvalue weighted by atomic mass is 9.78. The average Bonchev–Trinajstić information content (AvgIpc) is 3.08. The summed E-state index contributed by atoms with van der Waals surface area (Å²) in [4.78, 5) is 13.7. The lowest BCUT2D eigenvalue weighted by molar-refractivity contribution is 0.0969. The Morgan fingerprint density at radius 3 is 2.06 bits per heavy atom. The third-order valence-electron chi connectivity index (χ3n) is 6.28. The molecule has 1 aromatic heterocycles. The molecule has 3 rings (SSSR count). The quantitative estimate of drug-likeness (QED) is 0.340. The summed E-state index contributed by atoms with van der Waals surface area (Å²) in [6.45, 7) is 15.3. The Kier molecular flexibility index (Phi) is 8.15. The lowest BCUT2D eigenvalue weighted by Crippen LogP contribution is -2.29. The summed E-state index contributed by atoms with van der Waals surface area (Å²) < 4.78 is 8.48. The first-order chi connectivity index (χ1) is 16.4. The molecule has 0 aliphatic heterocycles. The van der Waals surface area contributed by atoms with Gasteiger partial charge in [0.1, 0.15) is 5.75 Å². The lowest BCUT2D eigenvalue weighted by Gasteiger charge is -2.28. The van der Waals surface area contributed by atoms with Crippen molar-refractivity contribution < 1.29 is 9.90 Å². The predicted octanol–water partition coefficient (Wildman–Crippen LogP) is 6.68. The molecule has 0 aliphatic carbocycles. The first-order valence-corrected chi connectivity index (χ1v) is 13.0. The summed E-state index contributed by atoms with van der Waals surface area (Å²) in [7, 11) is 0. The highest BCUT2D eigenvalue weighted by molar-refractivity contribution is 9.08. The second kappa shape index (κ2) is 10.6. The number of hydrogen-bond donors (Lipinski definition) is 1. The fourth-order valence-corrected chi connectivity index (χ4v) is 4.78. The molecule has 3 aromatic rings. The number of halogens is 1. The van der Waals surface area contributed by atoms with Crippen LogP contribution in [0.4, 0.5) is 0 Å². The van der Waals surface area contributed by atoms with Gasteiger partial charge in [-0.05, 0) is 34.9 Å². The number of phenolic OH excluding ortho intramolecular Hbond substituents is 1. The van der Waals surface area contributed by atoms with Crippen LogP contribution < -0.4 is 5.62 Å². The number of ketones is 1. The molecule has 0 amide bonds. The van der Waals surface area contributed by atoms with E-state index >= 15 is 0 Å². The van der Waals surface area contributed by atoms with E-state index in [0.717, 1.165) is 29.7 Å². The van der Waals surface area contributed by atoms with Gasteiger partial charge in [0.05, 0.1) is 29.2 Å². The van der Waals surface area contributed by atoms with E-state index in [1.165, 1.54) is 5.56 Å². The minimum atomic E-state index is -0.295. The van der Waals surface area contributed by atoms with Crippen LogP contribution in [0.25, 0.3) is 0 Å². The van der Waals surface area contributed by atoms with Gasteiger partial charge in [-0.25, -0.2) is 0 Å². The highest BCUT2D eigenvalue weighted by atomic mass is 79.9. The predicted molar refractivity (Wildman–Crippen MR) is 146 cm³/mol. The molecule has 0 spiro atoms. The first-order valence-electron chi connectivity index (χ1n) is 12.3. The van der Waals surface area contributed by atoms with Gasteiger partial charge in [-0.3, -0.25) is 4.79 Å². The normalized spacial score (nSPS) is 12.9. The first kappa shape index (κ1) is 27.0. The van der Waals surface area contributed by atoms with E-state index in [1.54, 1.807) is 0 Å². The van der Waals surface area contributed by atoms with Crippen LogP contribution in [0.5, 0.6) is 5.75 Å². The summed E-state index contributed by atoms with van der Waals surface area (Å²) in [6.07, 6.45) is 3.91. The van der Waals surface area contributed by atoms with Gasteiger partial charge in [0.15, 0.2) is 5.78 Å². The minimum absolute atomic E-state index is 0.00165. The maximum absolute atomic E-state index is 13.7. The van der Waals surface area contributed by atoms with Gasteiger partial charge in [0, 0.05) is 28.6 Å². The third kappa shape index (κ3) is 6.16. The Hall–Kier alpha value is -2.60. The van der Waals surface area contributed by atoms with Crippen molar-refractivity contribution in [3.05, 3.63) is 82.2 Å². The molecule has 1 N–H and O–H groups in total. The number of carbonyl (C=O) groups is 1. The number of rotatable bonds is 7. The fraction of sp³-hybridized carbons (Fsp3) is 0.448. The van der Waals surface area contributed by atoms with E-state index in [1.807, 2.05) is 34.9 Å². The molecule has 0 radical (unpaired) electrons. The largest absolute Gasteiger partial charge is 0.507 e. The van der Waals surface area contributed by atoms with Crippen LogP contribution in [0.1, 0.15) is 87.6 Å². The van der Waals surface area contributed by atoms with Crippen molar-refractivity contribution in [3.63, 3.8) is 0 Å². The molecule has 0 unspecified atom stereocenters. The molecule has 0 saturated carbocycles. The van der Waals surface area contributed by atoms with Crippen LogP contribution in [0.3, 0.4) is 0 Å². The molecular formula is C29H38BrN3O2. The van der Waals surface area contributed by atoms with Crippen LogP contribution >= 0.6 is 16.1 Å². The van der Waals surface area contributed by atoms with Crippen molar-refractivity contribution in [2.45, 2.75) is 85.2 Å². The molecule has 35 heavy (non-hydrogen) atoms. The van der Waals surface area contributed by atoms with Crippen LogP contribution in [0.15, 0.2) is 52.7 Å². The molecule has 0 saturated heterocycles. The molecule has 0 bridgehead atoms. The number of hydrogen-bond acceptors (Lipinski definition) is 3. The molecule has 2 aromatic carbocycles. The Labute approximate surface area is 217 Å². The maximum Gasteiger partial charge on any atom is 0.217 e. The smallest absolute Gasteiger partial charge is 0.217 e. The Bertz CT molecular complexity index is 1220. The van der Waals surface area contributed by atoms with Crippen molar-refractivity contribution in [1.29, 1.82) is 0 Å². The van der Waals surface area contributed by atoms with Gasteiger partial charge in [-0.15, -0.1) is 0 Å². The van der Waals surface area contributed by atoms with Gasteiger partial charge in [-0.2, -0.15) is 4.02 Å². The topological polar surface area (TPSA) is 59.5 Å². The summed E-state index contributed by atoms with van der Waals surface area (Å²) in [6, 6.07) is 14.0. The second-order valence-electron chi connectivity index (χ2n) is 11.3. The Morgan fingerprint density at radius 2 is 1.57 bits per heavy atom. The van der Waals surface area contributed by atoms with Crippen LogP contribution in [0.2, 0.25) is 0 Å². The zero-order valence-electron chi connectivity index (χ0n) is 22.0. The highest BCUT2D eigenvalue weighted by Gasteiger charge is 2.28. The summed E-state index contributed by atoms with van der Waals surface area (Å²) in [5.74, 6) is 0.282. The average molecular weight is 541 g/mol. The zero-order valence-corrected chi connectivity index (χ0v) is 23.6. The Morgan fingerprint density at radius 1 is 1.00 bits per heavy atom. The SMILES string of the molecule is CCCc1cn(Cc2ccccc2)c(=NBr)n1CC(=O)c1cc(C(C)(C)C)c(O)c(C(C)(C)C)c1. The summed E-state index contributed by atoms with van der Waals surface area (Å²) in [5, 5.41) is 11.1. The van der Waals surface area contributed by atoms with E-state index in [4.69, 9.17) is 0 Å². The number of aromatic nitrogens is 2. The molecule has 188 valence electrons. The maximum atomic E-state index is 13.7. The second-order valence-corrected chi connectivity index (χ2v) is 11.7. The number of carbonyl (C=O) groups excluding carboxylic acids is 1. The van der Waals surface area contributed by atoms with Crippen LogP contribution in [0, 0.1) is 0 Å². The molecule has 5 nitrogen and oxygen atoms in total. The van der Waals surface area contributed by atoms with E-state index in [9.17, 15) is 9.90 Å². The van der Waals surface area contributed by atoms with Crippen molar-refractivity contribution in [2.24, 2.45) is 4.02 Å². The number of aromatic hydroxyl groups is 1. The zero-order chi connectivity index (χ0) is 26.0. The minimum Gasteiger partial charge on any atom is -0.507 e. The summed E-state index contributed by atoms with van der Waals surface area (Å²) in [5.41, 5.74) is 4.55. The van der Waals surface area contributed by atoms with E-state index in [2.05, 4.69) is 91.5 Å². The Balaban J connectivity index is 2.08. The molecule has 1 heterocycles. The van der Waals surface area contributed by atoms with Gasteiger partial charge in [0.25, 0.3) is 0 Å². The van der Waals surface area contributed by atoms with E-state index < -0.39 is 0 Å². The molecule has 0 atom stereocenters. The number of benzene rings is 2. The van der Waals surface area contributed by atoms with Crippen molar-refractivity contribution >= 4 is 21.9 Å². The monoisotopic (exact) mass is 539 g/mol. The van der Waals surface area contributed by atoms with Crippen molar-refractivity contribution in [3.8, 4) is 5.75 Å². The van der Waals surface area contributed by atoms with Gasteiger partial charge < -0.3 is 14.2 Å². The van der Waals surface area contributed by atoms with Crippen molar-refractivity contribution in [1.82, 2.24) is 9.13 Å². The van der Waals surface area contributed by atoms with Gasteiger partial charge in [-0.1, -0.05) is 85.2 Å². The van der Waals surface area contributed by atoms with Crippen LogP contribution in [-0.2, 0) is 30.3 Å². The number of imidazole rings is 1. The number of aryl methyl sites for hydroxylation is 1. The standard InChI is InChI=1S/C29H38BrN3O2/c1-8-12-22-18-32(17-20-13-10-9-11-14-20)27(31-30)33(22)19-25(34)21-15-23(28(2,3)4)26(35)24(16-21)29(5,6)7/h9-11,13-16,18,35H,8,12,17,19H2,1-7H3. The number of phenols is 1. The van der Waals surface area contributed by atoms with Gasteiger partial charge >= 0.3 is 0 Å². The molecule has 0 aliphatic rings. The third-order valence-corrected chi connectivity index (χ3v) is 6.59. The molecule has 6 heteroatoms.